The molecule has 21 heavy (non-hydrogen) atoms. The van der Waals surface area contributed by atoms with Crippen molar-refractivity contribution in [3.8, 4) is 0 Å². The molecular formula is C17H29NO3. The van der Waals surface area contributed by atoms with Crippen molar-refractivity contribution >= 4 is 5.91 Å². The fourth-order valence-corrected chi connectivity index (χ4v) is 4.34. The molecule has 120 valence electrons. The molecule has 2 heterocycles. The lowest BCUT2D eigenvalue weighted by atomic mass is 9.74. The molecular weight excluding hydrogens is 266 g/mol. The molecule has 1 aliphatic carbocycles. The molecule has 0 radical (unpaired) electrons. The van der Waals surface area contributed by atoms with Crippen LogP contribution in [0.15, 0.2) is 0 Å². The summed E-state index contributed by atoms with van der Waals surface area (Å²) in [5.41, 5.74) is 0. The maximum absolute atomic E-state index is 12.5. The predicted molar refractivity (Wildman–Crippen MR) is 81.0 cm³/mol. The molecule has 4 nitrogen and oxygen atoms in total. The molecule has 0 aromatic heterocycles. The number of nitrogens with zero attached hydrogens (tertiary/aromatic N) is 1. The second kappa shape index (κ2) is 7.10. The van der Waals surface area contributed by atoms with E-state index in [1.165, 1.54) is 25.7 Å². The smallest absolute Gasteiger partial charge is 0.248 e. The van der Waals surface area contributed by atoms with E-state index >= 15 is 0 Å². The van der Waals surface area contributed by atoms with Gasteiger partial charge in [0.1, 0.15) is 6.61 Å². The largest absolute Gasteiger partial charge is 0.376 e. The first-order chi connectivity index (χ1) is 10.2. The molecule has 2 aliphatic heterocycles. The lowest BCUT2D eigenvalue weighted by molar-refractivity contribution is -0.144. The summed E-state index contributed by atoms with van der Waals surface area (Å²) >= 11 is 0. The van der Waals surface area contributed by atoms with Crippen LogP contribution < -0.4 is 0 Å². The number of amides is 1. The van der Waals surface area contributed by atoms with Gasteiger partial charge in [-0.15, -0.1) is 0 Å². The number of carbonyl (C=O) groups excluding carboxylic acids is 1. The molecule has 0 aromatic carbocycles. The summed E-state index contributed by atoms with van der Waals surface area (Å²) < 4.78 is 11.1. The Morgan fingerprint density at radius 2 is 2.14 bits per heavy atom. The zero-order chi connectivity index (χ0) is 14.7. The summed E-state index contributed by atoms with van der Waals surface area (Å²) in [5, 5.41) is 0. The van der Waals surface area contributed by atoms with Crippen molar-refractivity contribution in [3.63, 3.8) is 0 Å². The quantitative estimate of drug-likeness (QED) is 0.800. The highest BCUT2D eigenvalue weighted by Crippen LogP contribution is 2.37. The van der Waals surface area contributed by atoms with Gasteiger partial charge in [-0.25, -0.2) is 0 Å². The zero-order valence-electron chi connectivity index (χ0n) is 13.3. The Morgan fingerprint density at radius 1 is 1.24 bits per heavy atom. The van der Waals surface area contributed by atoms with Gasteiger partial charge < -0.3 is 14.4 Å². The Kier molecular flexibility index (Phi) is 5.17. The molecule has 0 aromatic rings. The van der Waals surface area contributed by atoms with Crippen molar-refractivity contribution in [3.05, 3.63) is 0 Å². The second-order valence-electron chi connectivity index (χ2n) is 7.13. The standard InChI is InChI=1S/C17H29NO3/c1-13-6-7-16-14(10-13)4-2-8-18(16)17(19)12-20-11-15-5-3-9-21-15/h13-16H,2-12H2,1H3/t13-,14+,15+,16-/m1/s1. The fraction of sp³-hybridized carbons (Fsp3) is 0.941. The van der Waals surface area contributed by atoms with Gasteiger partial charge in [-0.1, -0.05) is 6.92 Å². The number of fused-ring (bicyclic) bond motifs is 1. The lowest BCUT2D eigenvalue weighted by Crippen LogP contribution is -2.51. The van der Waals surface area contributed by atoms with Gasteiger partial charge in [-0.05, 0) is 56.8 Å². The van der Waals surface area contributed by atoms with E-state index in [1.807, 2.05) is 0 Å². The molecule has 4 heteroatoms. The van der Waals surface area contributed by atoms with Crippen LogP contribution in [0, 0.1) is 11.8 Å². The van der Waals surface area contributed by atoms with Gasteiger partial charge in [0.15, 0.2) is 0 Å². The van der Waals surface area contributed by atoms with Crippen molar-refractivity contribution < 1.29 is 14.3 Å². The highest BCUT2D eigenvalue weighted by atomic mass is 16.5. The van der Waals surface area contributed by atoms with Crippen LogP contribution in [0.2, 0.25) is 0 Å². The van der Waals surface area contributed by atoms with Crippen LogP contribution in [0.1, 0.15) is 51.9 Å². The third-order valence-corrected chi connectivity index (χ3v) is 5.45. The van der Waals surface area contributed by atoms with Crippen LogP contribution in [-0.2, 0) is 14.3 Å². The maximum atomic E-state index is 12.5. The normalized spacial score (nSPS) is 36.5. The van der Waals surface area contributed by atoms with Gasteiger partial charge in [0, 0.05) is 19.2 Å². The van der Waals surface area contributed by atoms with Gasteiger partial charge in [0.2, 0.25) is 5.91 Å². The Hall–Kier alpha value is -0.610. The predicted octanol–water partition coefficient (Wildman–Crippen LogP) is 2.61. The van der Waals surface area contributed by atoms with Crippen LogP contribution in [0.25, 0.3) is 0 Å². The molecule has 1 amide bonds. The van der Waals surface area contributed by atoms with Crippen LogP contribution in [-0.4, -0.2) is 49.3 Å². The van der Waals surface area contributed by atoms with E-state index in [0.717, 1.165) is 44.2 Å². The van der Waals surface area contributed by atoms with Crippen molar-refractivity contribution in [2.24, 2.45) is 11.8 Å². The Labute approximate surface area is 128 Å². The molecule has 0 bridgehead atoms. The van der Waals surface area contributed by atoms with E-state index < -0.39 is 0 Å². The minimum atomic E-state index is 0.192. The van der Waals surface area contributed by atoms with E-state index in [2.05, 4.69) is 11.8 Å². The highest BCUT2D eigenvalue weighted by Gasteiger charge is 2.37. The summed E-state index contributed by atoms with van der Waals surface area (Å²) in [7, 11) is 0. The third kappa shape index (κ3) is 3.78. The summed E-state index contributed by atoms with van der Waals surface area (Å²) in [5.74, 6) is 1.75. The average Bonchev–Trinajstić information content (AvgIpc) is 2.99. The molecule has 3 fully saturated rings. The Balaban J connectivity index is 1.46. The minimum Gasteiger partial charge on any atom is -0.376 e. The number of carbonyl (C=O) groups is 1. The number of rotatable bonds is 4. The van der Waals surface area contributed by atoms with Crippen LogP contribution in [0.3, 0.4) is 0 Å². The molecule has 2 saturated heterocycles. The van der Waals surface area contributed by atoms with Gasteiger partial charge in [0.25, 0.3) is 0 Å². The second-order valence-corrected chi connectivity index (χ2v) is 7.13. The number of hydrogen-bond donors (Lipinski definition) is 0. The van der Waals surface area contributed by atoms with Crippen molar-refractivity contribution in [2.75, 3.05) is 26.4 Å². The monoisotopic (exact) mass is 295 g/mol. The van der Waals surface area contributed by atoms with E-state index in [-0.39, 0.29) is 18.6 Å². The molecule has 0 spiro atoms. The van der Waals surface area contributed by atoms with Crippen molar-refractivity contribution in [1.82, 2.24) is 4.90 Å². The van der Waals surface area contributed by atoms with E-state index in [4.69, 9.17) is 9.47 Å². The van der Waals surface area contributed by atoms with E-state index in [9.17, 15) is 4.79 Å². The molecule has 1 saturated carbocycles. The summed E-state index contributed by atoms with van der Waals surface area (Å²) in [6.07, 6.45) is 8.61. The van der Waals surface area contributed by atoms with Crippen LogP contribution in [0.4, 0.5) is 0 Å². The summed E-state index contributed by atoms with van der Waals surface area (Å²) in [6, 6.07) is 0.480. The number of piperidine rings is 1. The zero-order valence-corrected chi connectivity index (χ0v) is 13.3. The molecule has 4 atom stereocenters. The first-order valence-corrected chi connectivity index (χ1v) is 8.73. The first-order valence-electron chi connectivity index (χ1n) is 8.73. The van der Waals surface area contributed by atoms with Crippen molar-refractivity contribution in [2.45, 2.75) is 64.0 Å². The fourth-order valence-electron chi connectivity index (χ4n) is 4.34. The highest BCUT2D eigenvalue weighted by molar-refractivity contribution is 5.78. The molecule has 3 rings (SSSR count). The Morgan fingerprint density at radius 3 is 2.95 bits per heavy atom. The minimum absolute atomic E-state index is 0.192. The number of likely N-dealkylation sites (tertiary alicyclic amines) is 1. The lowest BCUT2D eigenvalue weighted by Gasteiger charge is -2.45. The van der Waals surface area contributed by atoms with Crippen LogP contribution >= 0.6 is 0 Å². The van der Waals surface area contributed by atoms with Crippen LogP contribution in [0.5, 0.6) is 0 Å². The van der Waals surface area contributed by atoms with Gasteiger partial charge in [-0.3, -0.25) is 4.79 Å². The summed E-state index contributed by atoms with van der Waals surface area (Å²) in [4.78, 5) is 14.6. The average molecular weight is 295 g/mol. The number of hydrogen-bond acceptors (Lipinski definition) is 3. The third-order valence-electron chi connectivity index (χ3n) is 5.45. The SMILES string of the molecule is C[C@@H]1CC[C@@H]2[C@@H](CCCN2C(=O)COC[C@@H]2CCCO2)C1. The molecule has 0 N–H and O–H groups in total. The van der Waals surface area contributed by atoms with E-state index in [0.29, 0.717) is 12.6 Å². The molecule has 0 unspecified atom stereocenters. The van der Waals surface area contributed by atoms with Crippen molar-refractivity contribution in [1.29, 1.82) is 0 Å². The number of ether oxygens (including phenoxy) is 2. The topological polar surface area (TPSA) is 38.8 Å². The first kappa shape index (κ1) is 15.3. The van der Waals surface area contributed by atoms with Gasteiger partial charge in [-0.2, -0.15) is 0 Å². The van der Waals surface area contributed by atoms with Gasteiger partial charge in [0.05, 0.1) is 12.7 Å². The summed E-state index contributed by atoms with van der Waals surface area (Å²) in [6.45, 7) is 4.93. The maximum Gasteiger partial charge on any atom is 0.248 e. The van der Waals surface area contributed by atoms with E-state index in [1.54, 1.807) is 0 Å². The van der Waals surface area contributed by atoms with Gasteiger partial charge >= 0.3 is 0 Å². The molecule has 3 aliphatic rings. The Bertz CT molecular complexity index is 354.